The number of carbonyl (C=O) groups excluding carboxylic acids is 2. The van der Waals surface area contributed by atoms with Crippen LogP contribution in [0.5, 0.6) is 0 Å². The number of hydrogen-bond donors (Lipinski definition) is 1. The average Bonchev–Trinajstić information content (AvgIpc) is 3.31. The Labute approximate surface area is 169 Å². The summed E-state index contributed by atoms with van der Waals surface area (Å²) in [5.41, 5.74) is 2.56. The summed E-state index contributed by atoms with van der Waals surface area (Å²) in [5, 5.41) is 11.4. The first-order chi connectivity index (χ1) is 13.3. The van der Waals surface area contributed by atoms with Crippen molar-refractivity contribution < 1.29 is 9.59 Å². The normalized spacial score (nSPS) is 16.3. The summed E-state index contributed by atoms with van der Waals surface area (Å²) < 4.78 is 1.37. The number of anilines is 1. The fraction of sp³-hybridized carbons (Fsp3) is 0.474. The van der Waals surface area contributed by atoms with Gasteiger partial charge in [-0.1, -0.05) is 22.9 Å². The molecule has 1 aromatic heterocycles. The van der Waals surface area contributed by atoms with Crippen molar-refractivity contribution in [3.05, 3.63) is 40.7 Å². The van der Waals surface area contributed by atoms with Crippen LogP contribution in [0.4, 0.5) is 5.69 Å². The maximum Gasteiger partial charge on any atom is 0.273 e. The fourth-order valence-electron chi connectivity index (χ4n) is 3.23. The third-order valence-corrected chi connectivity index (χ3v) is 5.15. The molecule has 0 bridgehead atoms. The summed E-state index contributed by atoms with van der Waals surface area (Å²) in [4.78, 5) is 27.8. The number of aromatic nitrogens is 3. The molecule has 1 aliphatic heterocycles. The van der Waals surface area contributed by atoms with Crippen molar-refractivity contribution in [3.8, 4) is 0 Å². The van der Waals surface area contributed by atoms with Crippen LogP contribution in [0.25, 0.3) is 0 Å². The second kappa shape index (κ2) is 8.60. The molecule has 0 radical (unpaired) electrons. The SMILES string of the molecule is Cc1ccc(Cl)cc1N1CCC(CNC(=O)c2cn(CC(=O)N(C)C)nn2)C1. The summed E-state index contributed by atoms with van der Waals surface area (Å²) in [6.07, 6.45) is 2.49. The van der Waals surface area contributed by atoms with Crippen molar-refractivity contribution in [1.29, 1.82) is 0 Å². The highest BCUT2D eigenvalue weighted by Crippen LogP contribution is 2.29. The second-order valence-electron chi connectivity index (χ2n) is 7.33. The van der Waals surface area contributed by atoms with E-state index in [1.165, 1.54) is 21.3 Å². The van der Waals surface area contributed by atoms with Gasteiger partial charge in [0, 0.05) is 44.4 Å². The summed E-state index contributed by atoms with van der Waals surface area (Å²) in [7, 11) is 3.34. The van der Waals surface area contributed by atoms with E-state index < -0.39 is 0 Å². The number of nitrogens with one attached hydrogen (secondary N) is 1. The zero-order valence-electron chi connectivity index (χ0n) is 16.4. The Morgan fingerprint density at radius 1 is 1.36 bits per heavy atom. The molecule has 150 valence electrons. The lowest BCUT2D eigenvalue weighted by atomic mass is 10.1. The Kier molecular flexibility index (Phi) is 6.18. The fourth-order valence-corrected chi connectivity index (χ4v) is 3.39. The van der Waals surface area contributed by atoms with Crippen LogP contribution in [-0.2, 0) is 11.3 Å². The monoisotopic (exact) mass is 404 g/mol. The van der Waals surface area contributed by atoms with Gasteiger partial charge in [0.05, 0.1) is 6.20 Å². The Hall–Kier alpha value is -2.61. The number of aryl methyl sites for hydroxylation is 1. The van der Waals surface area contributed by atoms with Crippen LogP contribution < -0.4 is 10.2 Å². The molecule has 2 amide bonds. The third kappa shape index (κ3) is 4.81. The van der Waals surface area contributed by atoms with Gasteiger partial charge in [-0.25, -0.2) is 4.68 Å². The van der Waals surface area contributed by atoms with Gasteiger partial charge in [0.2, 0.25) is 5.91 Å². The molecule has 2 heterocycles. The minimum Gasteiger partial charge on any atom is -0.371 e. The smallest absolute Gasteiger partial charge is 0.273 e. The van der Waals surface area contributed by atoms with Crippen LogP contribution in [0, 0.1) is 12.8 Å². The second-order valence-corrected chi connectivity index (χ2v) is 7.77. The molecule has 0 aliphatic carbocycles. The van der Waals surface area contributed by atoms with Gasteiger partial charge in [-0.15, -0.1) is 5.10 Å². The molecule has 1 unspecified atom stereocenters. The van der Waals surface area contributed by atoms with Gasteiger partial charge in [-0.05, 0) is 37.0 Å². The minimum atomic E-state index is -0.277. The van der Waals surface area contributed by atoms with E-state index in [1.54, 1.807) is 14.1 Å². The summed E-state index contributed by atoms with van der Waals surface area (Å²) >= 11 is 6.13. The molecule has 9 heteroatoms. The van der Waals surface area contributed by atoms with Crippen molar-refractivity contribution in [3.63, 3.8) is 0 Å². The molecule has 1 saturated heterocycles. The largest absolute Gasteiger partial charge is 0.371 e. The zero-order chi connectivity index (χ0) is 20.3. The van der Waals surface area contributed by atoms with Crippen molar-refractivity contribution in [2.75, 3.05) is 38.6 Å². The molecule has 0 saturated carbocycles. The van der Waals surface area contributed by atoms with E-state index in [1.807, 2.05) is 18.2 Å². The lowest BCUT2D eigenvalue weighted by molar-refractivity contribution is -0.129. The first-order valence-corrected chi connectivity index (χ1v) is 9.61. The summed E-state index contributed by atoms with van der Waals surface area (Å²) in [6, 6.07) is 5.91. The van der Waals surface area contributed by atoms with Gasteiger partial charge < -0.3 is 15.1 Å². The molecule has 1 aliphatic rings. The standard InChI is InChI=1S/C19H25ClN6O2/c1-13-4-5-15(20)8-17(13)25-7-6-14(10-25)9-21-19(28)16-11-26(23-22-16)12-18(27)24(2)3/h4-5,8,11,14H,6-7,9-10,12H2,1-3H3,(H,21,28). The molecule has 3 rings (SSSR count). The molecule has 8 nitrogen and oxygen atoms in total. The molecule has 2 aromatic rings. The van der Waals surface area contributed by atoms with Crippen molar-refractivity contribution in [1.82, 2.24) is 25.2 Å². The van der Waals surface area contributed by atoms with Crippen LogP contribution >= 0.6 is 11.6 Å². The van der Waals surface area contributed by atoms with E-state index in [4.69, 9.17) is 11.6 Å². The van der Waals surface area contributed by atoms with Crippen LogP contribution in [0.2, 0.25) is 5.02 Å². The average molecular weight is 405 g/mol. The van der Waals surface area contributed by atoms with Crippen LogP contribution in [0.15, 0.2) is 24.4 Å². The number of halogens is 1. The Morgan fingerprint density at radius 2 is 2.14 bits per heavy atom. The lowest BCUT2D eigenvalue weighted by Gasteiger charge is -2.21. The number of rotatable bonds is 6. The van der Waals surface area contributed by atoms with Crippen molar-refractivity contribution in [2.24, 2.45) is 5.92 Å². The number of amides is 2. The third-order valence-electron chi connectivity index (χ3n) is 4.92. The van der Waals surface area contributed by atoms with E-state index in [2.05, 4.69) is 27.5 Å². The van der Waals surface area contributed by atoms with E-state index >= 15 is 0 Å². The number of likely N-dealkylation sites (N-methyl/N-ethyl adjacent to an activating group) is 1. The van der Waals surface area contributed by atoms with Gasteiger partial charge in [-0.2, -0.15) is 0 Å². The molecular formula is C19H25ClN6O2. The number of hydrogen-bond acceptors (Lipinski definition) is 5. The number of benzene rings is 1. The quantitative estimate of drug-likeness (QED) is 0.790. The molecule has 1 aromatic carbocycles. The topological polar surface area (TPSA) is 83.4 Å². The highest BCUT2D eigenvalue weighted by Gasteiger charge is 2.24. The van der Waals surface area contributed by atoms with Gasteiger partial charge in [-0.3, -0.25) is 9.59 Å². The van der Waals surface area contributed by atoms with Gasteiger partial charge in [0.25, 0.3) is 5.91 Å². The van der Waals surface area contributed by atoms with Crippen molar-refractivity contribution in [2.45, 2.75) is 19.9 Å². The molecular weight excluding hydrogens is 380 g/mol. The minimum absolute atomic E-state index is 0.0594. The number of nitrogens with zero attached hydrogens (tertiary/aromatic N) is 5. The molecule has 1 fully saturated rings. The van der Waals surface area contributed by atoms with Crippen LogP contribution in [0.1, 0.15) is 22.5 Å². The Balaban J connectivity index is 1.51. The molecule has 28 heavy (non-hydrogen) atoms. The molecule has 1 N–H and O–H groups in total. The Morgan fingerprint density at radius 3 is 2.89 bits per heavy atom. The molecule has 0 spiro atoms. The maximum atomic E-state index is 12.3. The predicted octanol–water partition coefficient (Wildman–Crippen LogP) is 1.58. The predicted molar refractivity (Wildman–Crippen MR) is 108 cm³/mol. The maximum absolute atomic E-state index is 12.3. The van der Waals surface area contributed by atoms with E-state index in [9.17, 15) is 9.59 Å². The van der Waals surface area contributed by atoms with Gasteiger partial charge >= 0.3 is 0 Å². The van der Waals surface area contributed by atoms with E-state index in [0.29, 0.717) is 12.5 Å². The van der Waals surface area contributed by atoms with Crippen LogP contribution in [0.3, 0.4) is 0 Å². The van der Waals surface area contributed by atoms with Gasteiger partial charge in [0.1, 0.15) is 6.54 Å². The van der Waals surface area contributed by atoms with Crippen molar-refractivity contribution >= 4 is 29.1 Å². The zero-order valence-corrected chi connectivity index (χ0v) is 17.1. The first-order valence-electron chi connectivity index (χ1n) is 9.23. The molecule has 1 atom stereocenters. The highest BCUT2D eigenvalue weighted by atomic mass is 35.5. The van der Waals surface area contributed by atoms with E-state index in [0.717, 1.165) is 30.2 Å². The lowest BCUT2D eigenvalue weighted by Crippen LogP contribution is -2.31. The van der Waals surface area contributed by atoms with Crippen LogP contribution in [-0.4, -0.2) is 65.4 Å². The summed E-state index contributed by atoms with van der Waals surface area (Å²) in [6.45, 7) is 4.50. The van der Waals surface area contributed by atoms with Gasteiger partial charge in [0.15, 0.2) is 5.69 Å². The Bertz CT molecular complexity index is 866. The first kappa shape index (κ1) is 20.1. The van der Waals surface area contributed by atoms with E-state index in [-0.39, 0.29) is 24.1 Å². The number of carbonyl (C=O) groups is 2. The summed E-state index contributed by atoms with van der Waals surface area (Å²) in [5.74, 6) is -0.0344. The highest BCUT2D eigenvalue weighted by molar-refractivity contribution is 6.30.